The van der Waals surface area contributed by atoms with Gasteiger partial charge in [0.05, 0.1) is 0 Å². The van der Waals surface area contributed by atoms with E-state index in [1.807, 2.05) is 62.4 Å². The number of rotatable bonds is 3. The lowest BCUT2D eigenvalue weighted by molar-refractivity contribution is 0.103. The first-order valence-corrected chi connectivity index (χ1v) is 6.94. The molecule has 1 aromatic rings. The van der Waals surface area contributed by atoms with Gasteiger partial charge in [-0.05, 0) is 32.8 Å². The number of carbonyl (C=O) groups excluding carboxylic acids is 1. The minimum atomic E-state index is 0.125. The molecule has 0 N–H and O–H groups in total. The molecule has 20 heavy (non-hydrogen) atoms. The topological polar surface area (TPSA) is 17.1 Å². The monoisotopic (exact) mass is 264 g/mol. The number of Topliss-reactive ketones (excluding diaryl/α,β-unsaturated/α-hetero) is 1. The van der Waals surface area contributed by atoms with Crippen molar-refractivity contribution in [2.45, 2.75) is 27.2 Å². The van der Waals surface area contributed by atoms with Gasteiger partial charge >= 0.3 is 0 Å². The highest BCUT2D eigenvalue weighted by atomic mass is 16.1. The molecule has 0 unspecified atom stereocenters. The second-order valence-electron chi connectivity index (χ2n) is 5.12. The number of allylic oxidation sites excluding steroid dienone is 8. The summed E-state index contributed by atoms with van der Waals surface area (Å²) in [6, 6.07) is 6.04. The quantitative estimate of drug-likeness (QED) is 0.721. The highest BCUT2D eigenvalue weighted by Gasteiger charge is 2.18. The van der Waals surface area contributed by atoms with Crippen LogP contribution in [0.15, 0.2) is 65.8 Å². The molecule has 0 radical (unpaired) electrons. The van der Waals surface area contributed by atoms with Crippen LogP contribution in [-0.4, -0.2) is 5.78 Å². The summed E-state index contributed by atoms with van der Waals surface area (Å²) in [5.41, 5.74) is 5.13. The molecule has 1 aliphatic carbocycles. The zero-order chi connectivity index (χ0) is 14.5. The van der Waals surface area contributed by atoms with Crippen LogP contribution in [0.25, 0.3) is 0 Å². The lowest BCUT2D eigenvalue weighted by Crippen LogP contribution is -2.11. The van der Waals surface area contributed by atoms with E-state index in [9.17, 15) is 4.79 Å². The van der Waals surface area contributed by atoms with Crippen molar-refractivity contribution >= 4 is 5.78 Å². The first-order valence-electron chi connectivity index (χ1n) is 6.94. The largest absolute Gasteiger partial charge is 0.289 e. The fraction of sp³-hybridized carbons (Fsp3) is 0.211. The SMILES string of the molecule is C\C=C/C(C)=C\C=C\C1=CCc2cc(C)ccc2C1=O. The Kier molecular flexibility index (Phi) is 4.52. The van der Waals surface area contributed by atoms with Crippen LogP contribution in [0.1, 0.15) is 35.3 Å². The van der Waals surface area contributed by atoms with Gasteiger partial charge in [-0.25, -0.2) is 0 Å². The molecule has 0 amide bonds. The number of hydrogen-bond acceptors (Lipinski definition) is 1. The van der Waals surface area contributed by atoms with Crippen molar-refractivity contribution < 1.29 is 4.79 Å². The van der Waals surface area contributed by atoms with E-state index in [2.05, 4.69) is 13.0 Å². The highest BCUT2D eigenvalue weighted by Crippen LogP contribution is 2.23. The summed E-state index contributed by atoms with van der Waals surface area (Å²) in [6.45, 7) is 6.09. The maximum Gasteiger partial charge on any atom is 0.192 e. The van der Waals surface area contributed by atoms with Crippen molar-refractivity contribution in [1.29, 1.82) is 0 Å². The number of aryl methyl sites for hydroxylation is 1. The van der Waals surface area contributed by atoms with Gasteiger partial charge in [-0.3, -0.25) is 4.79 Å². The van der Waals surface area contributed by atoms with Gasteiger partial charge in [0.25, 0.3) is 0 Å². The van der Waals surface area contributed by atoms with E-state index < -0.39 is 0 Å². The minimum absolute atomic E-state index is 0.125. The Labute approximate surface area is 121 Å². The Bertz CT molecular complexity index is 640. The predicted octanol–water partition coefficient (Wildman–Crippen LogP) is 4.74. The van der Waals surface area contributed by atoms with Crippen molar-refractivity contribution in [3.8, 4) is 0 Å². The van der Waals surface area contributed by atoms with E-state index in [-0.39, 0.29) is 5.78 Å². The lowest BCUT2D eigenvalue weighted by Gasteiger charge is -2.14. The molecule has 0 fully saturated rings. The molecule has 1 aliphatic rings. The maximum absolute atomic E-state index is 12.4. The molecule has 0 heterocycles. The number of carbonyl (C=O) groups is 1. The summed E-state index contributed by atoms with van der Waals surface area (Å²) in [7, 11) is 0. The summed E-state index contributed by atoms with van der Waals surface area (Å²) in [4.78, 5) is 12.4. The molecule has 1 nitrogen and oxygen atoms in total. The predicted molar refractivity (Wildman–Crippen MR) is 85.0 cm³/mol. The third-order valence-electron chi connectivity index (χ3n) is 3.37. The highest BCUT2D eigenvalue weighted by molar-refractivity contribution is 6.12. The summed E-state index contributed by atoms with van der Waals surface area (Å²) < 4.78 is 0. The normalized spacial score (nSPS) is 15.8. The second-order valence-corrected chi connectivity index (χ2v) is 5.12. The standard InChI is InChI=1S/C19H20O/c1-4-6-14(2)7-5-8-16-10-11-17-13-15(3)9-12-18(17)19(16)20/h4-10,12-13H,11H2,1-3H3/b6-4-,8-5+,14-7-. The summed E-state index contributed by atoms with van der Waals surface area (Å²) in [5.74, 6) is 0.125. The average molecular weight is 264 g/mol. The summed E-state index contributed by atoms with van der Waals surface area (Å²) in [5, 5.41) is 0. The Hall–Kier alpha value is -2.15. The second kappa shape index (κ2) is 6.33. The van der Waals surface area contributed by atoms with Gasteiger partial charge in [0, 0.05) is 11.1 Å². The minimum Gasteiger partial charge on any atom is -0.289 e. The van der Waals surface area contributed by atoms with Crippen molar-refractivity contribution in [1.82, 2.24) is 0 Å². The number of benzene rings is 1. The molecular formula is C19H20O. The van der Waals surface area contributed by atoms with Gasteiger partial charge < -0.3 is 0 Å². The van der Waals surface area contributed by atoms with Crippen LogP contribution >= 0.6 is 0 Å². The maximum atomic E-state index is 12.4. The smallest absolute Gasteiger partial charge is 0.192 e. The molecule has 2 rings (SSSR count). The zero-order valence-corrected chi connectivity index (χ0v) is 12.3. The molecule has 0 aromatic heterocycles. The van der Waals surface area contributed by atoms with E-state index in [1.165, 1.54) is 11.1 Å². The lowest BCUT2D eigenvalue weighted by atomic mass is 9.89. The van der Waals surface area contributed by atoms with Crippen molar-refractivity contribution in [2.24, 2.45) is 0 Å². The Balaban J connectivity index is 2.19. The Morgan fingerprint density at radius 2 is 2.10 bits per heavy atom. The summed E-state index contributed by atoms with van der Waals surface area (Å²) in [6.07, 6.45) is 12.7. The average Bonchev–Trinajstić information content (AvgIpc) is 2.41. The van der Waals surface area contributed by atoms with Gasteiger partial charge in [0.2, 0.25) is 0 Å². The first kappa shape index (κ1) is 14.3. The van der Waals surface area contributed by atoms with Gasteiger partial charge in [-0.1, -0.05) is 65.8 Å². The fourth-order valence-corrected chi connectivity index (χ4v) is 2.35. The number of ketones is 1. The van der Waals surface area contributed by atoms with E-state index in [4.69, 9.17) is 0 Å². The number of fused-ring (bicyclic) bond motifs is 1. The number of hydrogen-bond donors (Lipinski definition) is 0. The van der Waals surface area contributed by atoms with Crippen LogP contribution in [0, 0.1) is 6.92 Å². The van der Waals surface area contributed by atoms with Gasteiger partial charge in [-0.2, -0.15) is 0 Å². The molecule has 0 saturated carbocycles. The van der Waals surface area contributed by atoms with Crippen molar-refractivity contribution in [3.05, 3.63) is 82.5 Å². The van der Waals surface area contributed by atoms with E-state index in [1.54, 1.807) is 0 Å². The third kappa shape index (κ3) is 3.24. The molecule has 0 bridgehead atoms. The van der Waals surface area contributed by atoms with Crippen LogP contribution in [-0.2, 0) is 6.42 Å². The van der Waals surface area contributed by atoms with Crippen LogP contribution in [0.5, 0.6) is 0 Å². The van der Waals surface area contributed by atoms with Crippen molar-refractivity contribution in [2.75, 3.05) is 0 Å². The molecule has 1 heteroatoms. The van der Waals surface area contributed by atoms with E-state index in [0.29, 0.717) is 0 Å². The van der Waals surface area contributed by atoms with Gasteiger partial charge in [-0.15, -0.1) is 0 Å². The Morgan fingerprint density at radius 3 is 2.85 bits per heavy atom. The molecule has 0 atom stereocenters. The zero-order valence-electron chi connectivity index (χ0n) is 12.3. The molecule has 0 spiro atoms. The van der Waals surface area contributed by atoms with E-state index in [0.717, 1.165) is 23.1 Å². The molecule has 1 aromatic carbocycles. The van der Waals surface area contributed by atoms with Crippen LogP contribution in [0.3, 0.4) is 0 Å². The Morgan fingerprint density at radius 1 is 1.30 bits per heavy atom. The van der Waals surface area contributed by atoms with E-state index >= 15 is 0 Å². The molecule has 0 aliphatic heterocycles. The van der Waals surface area contributed by atoms with Crippen LogP contribution < -0.4 is 0 Å². The van der Waals surface area contributed by atoms with Crippen molar-refractivity contribution in [3.63, 3.8) is 0 Å². The first-order chi connectivity index (χ1) is 9.61. The fourth-order valence-electron chi connectivity index (χ4n) is 2.35. The molecule has 0 saturated heterocycles. The van der Waals surface area contributed by atoms with Crippen LogP contribution in [0.2, 0.25) is 0 Å². The molecular weight excluding hydrogens is 244 g/mol. The summed E-state index contributed by atoms with van der Waals surface area (Å²) >= 11 is 0. The van der Waals surface area contributed by atoms with Gasteiger partial charge in [0.15, 0.2) is 5.78 Å². The third-order valence-corrected chi connectivity index (χ3v) is 3.37. The van der Waals surface area contributed by atoms with Gasteiger partial charge in [0.1, 0.15) is 0 Å². The molecule has 102 valence electrons. The van der Waals surface area contributed by atoms with Crippen LogP contribution in [0.4, 0.5) is 0 Å².